The maximum atomic E-state index is 12.6. The van der Waals surface area contributed by atoms with Crippen LogP contribution in [0.1, 0.15) is 16.7 Å². The van der Waals surface area contributed by atoms with Crippen LogP contribution in [-0.4, -0.2) is 31.9 Å². The zero-order valence-corrected chi connectivity index (χ0v) is 17.3. The van der Waals surface area contributed by atoms with Gasteiger partial charge in [0.1, 0.15) is 0 Å². The third-order valence-electron chi connectivity index (χ3n) is 4.55. The van der Waals surface area contributed by atoms with Gasteiger partial charge in [-0.25, -0.2) is 0 Å². The normalized spacial score (nSPS) is 10.7. The highest BCUT2D eigenvalue weighted by Gasteiger charge is 2.13. The minimum atomic E-state index is -0.0979. The molecule has 0 saturated heterocycles. The monoisotopic (exact) mass is 415 g/mol. The molecule has 0 unspecified atom stereocenters. The number of aromatic nitrogens is 4. The van der Waals surface area contributed by atoms with Crippen molar-refractivity contribution in [2.24, 2.45) is 0 Å². The largest absolute Gasteiger partial charge is 0.325 e. The van der Waals surface area contributed by atoms with Gasteiger partial charge in [-0.1, -0.05) is 72.4 Å². The third kappa shape index (κ3) is 4.93. The van der Waals surface area contributed by atoms with Crippen LogP contribution in [0.5, 0.6) is 0 Å². The van der Waals surface area contributed by atoms with Gasteiger partial charge in [0.25, 0.3) is 0 Å². The van der Waals surface area contributed by atoms with Crippen LogP contribution in [0.15, 0.2) is 84.0 Å². The maximum absolute atomic E-state index is 12.6. The lowest BCUT2D eigenvalue weighted by molar-refractivity contribution is -0.113. The lowest BCUT2D eigenvalue weighted by Gasteiger charge is -2.11. The summed E-state index contributed by atoms with van der Waals surface area (Å²) in [5.74, 6) is 0.116. The Balaban J connectivity index is 1.42. The predicted octanol–water partition coefficient (Wildman–Crippen LogP) is 4.29. The summed E-state index contributed by atoms with van der Waals surface area (Å²) in [6.07, 6.45) is 0.760. The molecule has 0 saturated carbocycles. The molecule has 1 heterocycles. The summed E-state index contributed by atoms with van der Waals surface area (Å²) >= 11 is 1.31. The molecule has 0 aliphatic heterocycles. The molecule has 1 amide bonds. The molecule has 0 fully saturated rings. The molecule has 1 N–H and O–H groups in total. The van der Waals surface area contributed by atoms with Gasteiger partial charge in [0.15, 0.2) is 0 Å². The molecule has 4 aromatic rings. The summed E-state index contributed by atoms with van der Waals surface area (Å²) < 4.78 is 1.65. The zero-order chi connectivity index (χ0) is 20.8. The molecule has 4 rings (SSSR count). The number of amides is 1. The smallest absolute Gasteiger partial charge is 0.234 e. The Hall–Kier alpha value is -3.45. The average Bonchev–Trinajstić information content (AvgIpc) is 3.23. The van der Waals surface area contributed by atoms with Crippen molar-refractivity contribution in [2.45, 2.75) is 18.5 Å². The number of thioether (sulfide) groups is 1. The second-order valence-corrected chi connectivity index (χ2v) is 7.81. The van der Waals surface area contributed by atoms with Crippen molar-refractivity contribution in [3.05, 3.63) is 95.6 Å². The van der Waals surface area contributed by atoms with Gasteiger partial charge >= 0.3 is 0 Å². The van der Waals surface area contributed by atoms with E-state index in [4.69, 9.17) is 0 Å². The fourth-order valence-electron chi connectivity index (χ4n) is 3.12. The summed E-state index contributed by atoms with van der Waals surface area (Å²) in [5, 5.41) is 15.5. The van der Waals surface area contributed by atoms with Gasteiger partial charge in [0.05, 0.1) is 11.4 Å². The van der Waals surface area contributed by atoms with Crippen molar-refractivity contribution in [1.29, 1.82) is 0 Å². The predicted molar refractivity (Wildman–Crippen MR) is 119 cm³/mol. The van der Waals surface area contributed by atoms with Gasteiger partial charge in [0.2, 0.25) is 11.1 Å². The van der Waals surface area contributed by atoms with E-state index < -0.39 is 0 Å². The van der Waals surface area contributed by atoms with Crippen molar-refractivity contribution in [1.82, 2.24) is 20.2 Å². The highest BCUT2D eigenvalue weighted by Crippen LogP contribution is 2.22. The molecule has 6 nitrogen and oxygen atoms in total. The average molecular weight is 416 g/mol. The number of nitrogens with zero attached hydrogens (tertiary/aromatic N) is 4. The Labute approximate surface area is 179 Å². The van der Waals surface area contributed by atoms with Crippen LogP contribution in [0.3, 0.4) is 0 Å². The van der Waals surface area contributed by atoms with Crippen molar-refractivity contribution in [3.8, 4) is 5.69 Å². The first kappa shape index (κ1) is 19.8. The van der Waals surface area contributed by atoms with Gasteiger partial charge in [0, 0.05) is 5.69 Å². The Morgan fingerprint density at radius 2 is 1.80 bits per heavy atom. The number of para-hydroxylation sites is 1. The quantitative estimate of drug-likeness (QED) is 0.456. The summed E-state index contributed by atoms with van der Waals surface area (Å²) in [5.41, 5.74) is 5.09. The van der Waals surface area contributed by atoms with Crippen molar-refractivity contribution in [3.63, 3.8) is 0 Å². The molecule has 0 aliphatic carbocycles. The van der Waals surface area contributed by atoms with Crippen LogP contribution in [0.25, 0.3) is 5.69 Å². The lowest BCUT2D eigenvalue weighted by Crippen LogP contribution is -2.16. The fraction of sp³-hybridized carbons (Fsp3) is 0.130. The maximum Gasteiger partial charge on any atom is 0.234 e. The number of carbonyl (C=O) groups is 1. The molecule has 0 radical (unpaired) electrons. The molecule has 7 heteroatoms. The van der Waals surface area contributed by atoms with Crippen LogP contribution in [0, 0.1) is 6.92 Å². The molecule has 3 aromatic carbocycles. The SMILES string of the molecule is Cc1cccc(-n2nnnc2SCC(=O)Nc2ccccc2Cc2ccccc2)c1. The zero-order valence-electron chi connectivity index (χ0n) is 16.5. The standard InChI is InChI=1S/C23H21N5OS/c1-17-8-7-12-20(14-17)28-23(25-26-27-28)30-16-22(29)24-21-13-6-5-11-19(21)15-18-9-3-2-4-10-18/h2-14H,15-16H2,1H3,(H,24,29). The molecular formula is C23H21N5OS. The van der Waals surface area contributed by atoms with E-state index in [9.17, 15) is 4.79 Å². The van der Waals surface area contributed by atoms with Crippen molar-refractivity contribution >= 4 is 23.4 Å². The molecule has 0 atom stereocenters. The number of hydrogen-bond donors (Lipinski definition) is 1. The van der Waals surface area contributed by atoms with Gasteiger partial charge in [-0.3, -0.25) is 4.79 Å². The first-order valence-electron chi connectivity index (χ1n) is 9.59. The Morgan fingerprint density at radius 3 is 2.63 bits per heavy atom. The van der Waals surface area contributed by atoms with E-state index in [2.05, 4.69) is 33.0 Å². The first-order valence-corrected chi connectivity index (χ1v) is 10.6. The number of tetrazole rings is 1. The number of benzene rings is 3. The van der Waals surface area contributed by atoms with Crippen molar-refractivity contribution < 1.29 is 4.79 Å². The van der Waals surface area contributed by atoms with Crippen LogP contribution in [0.2, 0.25) is 0 Å². The second-order valence-electron chi connectivity index (χ2n) is 6.87. The van der Waals surface area contributed by atoms with Gasteiger partial charge < -0.3 is 5.32 Å². The number of carbonyl (C=O) groups excluding carboxylic acids is 1. The molecule has 150 valence electrons. The highest BCUT2D eigenvalue weighted by atomic mass is 32.2. The van der Waals surface area contributed by atoms with E-state index in [0.29, 0.717) is 5.16 Å². The number of rotatable bonds is 7. The van der Waals surface area contributed by atoms with Gasteiger partial charge in [-0.05, 0) is 58.7 Å². The van der Waals surface area contributed by atoms with Crippen LogP contribution in [-0.2, 0) is 11.2 Å². The van der Waals surface area contributed by atoms with Crippen LogP contribution >= 0.6 is 11.8 Å². The highest BCUT2D eigenvalue weighted by molar-refractivity contribution is 7.99. The molecule has 1 aromatic heterocycles. The molecule has 0 spiro atoms. The molecule has 0 aliphatic rings. The number of hydrogen-bond acceptors (Lipinski definition) is 5. The van der Waals surface area contributed by atoms with Gasteiger partial charge in [-0.2, -0.15) is 4.68 Å². The fourth-order valence-corrected chi connectivity index (χ4v) is 3.81. The third-order valence-corrected chi connectivity index (χ3v) is 5.47. The minimum Gasteiger partial charge on any atom is -0.325 e. The molecule has 0 bridgehead atoms. The topological polar surface area (TPSA) is 72.7 Å². The minimum absolute atomic E-state index is 0.0979. The number of nitrogens with one attached hydrogen (secondary N) is 1. The lowest BCUT2D eigenvalue weighted by atomic mass is 10.0. The van der Waals surface area contributed by atoms with E-state index in [-0.39, 0.29) is 11.7 Å². The van der Waals surface area contributed by atoms with Crippen LogP contribution in [0.4, 0.5) is 5.69 Å². The van der Waals surface area contributed by atoms with E-state index >= 15 is 0 Å². The van der Waals surface area contributed by atoms with Crippen molar-refractivity contribution in [2.75, 3.05) is 11.1 Å². The Bertz CT molecular complexity index is 1140. The van der Waals surface area contributed by atoms with E-state index in [0.717, 1.165) is 28.9 Å². The summed E-state index contributed by atoms with van der Waals surface area (Å²) in [6.45, 7) is 2.01. The van der Waals surface area contributed by atoms with E-state index in [1.807, 2.05) is 73.7 Å². The van der Waals surface area contributed by atoms with Gasteiger partial charge in [-0.15, -0.1) is 5.10 Å². The number of anilines is 1. The van der Waals surface area contributed by atoms with E-state index in [1.165, 1.54) is 17.3 Å². The molecule has 30 heavy (non-hydrogen) atoms. The molecular weight excluding hydrogens is 394 g/mol. The summed E-state index contributed by atoms with van der Waals surface area (Å²) in [4.78, 5) is 12.6. The van der Waals surface area contributed by atoms with Crippen LogP contribution < -0.4 is 5.32 Å². The first-order chi connectivity index (χ1) is 14.7. The Kier molecular flexibility index (Phi) is 6.20. The summed E-state index contributed by atoms with van der Waals surface area (Å²) in [7, 11) is 0. The van der Waals surface area contributed by atoms with E-state index in [1.54, 1.807) is 4.68 Å². The Morgan fingerprint density at radius 1 is 1.00 bits per heavy atom. The second kappa shape index (κ2) is 9.37. The number of aryl methyl sites for hydroxylation is 1. The summed E-state index contributed by atoms with van der Waals surface area (Å²) in [6, 6.07) is 26.0.